The summed E-state index contributed by atoms with van der Waals surface area (Å²) in [6.07, 6.45) is -2.16. The van der Waals surface area contributed by atoms with Gasteiger partial charge >= 0.3 is 12.3 Å². The Labute approximate surface area is 94.6 Å². The number of nitrogens with zero attached hydrogens (tertiary/aromatic N) is 2. The van der Waals surface area contributed by atoms with Crippen LogP contribution in [0.3, 0.4) is 0 Å². The van der Waals surface area contributed by atoms with Crippen molar-refractivity contribution < 1.29 is 22.4 Å². The molecule has 0 saturated heterocycles. The van der Waals surface area contributed by atoms with E-state index in [1.807, 2.05) is 0 Å². The lowest BCUT2D eigenvalue weighted by atomic mass is 10.3. The molecule has 0 unspecified atom stereocenters. The van der Waals surface area contributed by atoms with Gasteiger partial charge in [-0.25, -0.2) is 8.78 Å². The van der Waals surface area contributed by atoms with Crippen molar-refractivity contribution in [3.8, 4) is 0 Å². The highest BCUT2D eigenvalue weighted by atomic mass is 19.3. The number of nitrogens with one attached hydrogen (secondary N) is 1. The molecule has 8 heteroatoms. The number of carbonyl (C=O) groups excluding carboxylic acids is 1. The van der Waals surface area contributed by atoms with Gasteiger partial charge in [-0.05, 0) is 6.07 Å². The number of amides is 1. The van der Waals surface area contributed by atoms with Crippen molar-refractivity contribution in [1.29, 1.82) is 0 Å². The lowest BCUT2D eigenvalue weighted by Gasteiger charge is -2.14. The predicted octanol–water partition coefficient (Wildman–Crippen LogP) is 0.979. The fraction of sp³-hybridized carbons (Fsp3) is 0.556. The quantitative estimate of drug-likeness (QED) is 0.795. The monoisotopic (exact) mass is 253 g/mol. The van der Waals surface area contributed by atoms with Crippen LogP contribution in [0.2, 0.25) is 0 Å². The molecular formula is C9H11F4N3O. The van der Waals surface area contributed by atoms with E-state index >= 15 is 0 Å². The van der Waals surface area contributed by atoms with E-state index in [1.54, 1.807) is 24.6 Å². The Bertz CT molecular complexity index is 391. The van der Waals surface area contributed by atoms with Crippen LogP contribution in [0.15, 0.2) is 12.3 Å². The number of halogens is 4. The smallest absolute Gasteiger partial charge is 0.350 e. The van der Waals surface area contributed by atoms with Crippen molar-refractivity contribution in [2.75, 3.05) is 6.54 Å². The third-order valence-electron chi connectivity index (χ3n) is 2.01. The van der Waals surface area contributed by atoms with Crippen molar-refractivity contribution in [1.82, 2.24) is 15.1 Å². The molecule has 0 atom stereocenters. The van der Waals surface area contributed by atoms with Crippen LogP contribution in [0.5, 0.6) is 0 Å². The zero-order valence-corrected chi connectivity index (χ0v) is 8.96. The average molecular weight is 253 g/mol. The molecule has 0 fully saturated rings. The van der Waals surface area contributed by atoms with E-state index in [-0.39, 0.29) is 13.0 Å². The number of carbonyl (C=O) groups is 1. The van der Waals surface area contributed by atoms with Gasteiger partial charge in [-0.1, -0.05) is 0 Å². The van der Waals surface area contributed by atoms with Gasteiger partial charge in [0.15, 0.2) is 0 Å². The van der Waals surface area contributed by atoms with Crippen molar-refractivity contribution in [2.45, 2.75) is 18.8 Å². The number of rotatable bonds is 5. The minimum atomic E-state index is -4.65. The van der Waals surface area contributed by atoms with E-state index < -0.39 is 18.3 Å². The van der Waals surface area contributed by atoms with Crippen LogP contribution in [0.25, 0.3) is 0 Å². The van der Waals surface area contributed by atoms with Gasteiger partial charge in [0.25, 0.3) is 5.91 Å². The van der Waals surface area contributed by atoms with Crippen LogP contribution in [0.4, 0.5) is 17.6 Å². The highest BCUT2D eigenvalue weighted by Gasteiger charge is 2.48. The molecule has 96 valence electrons. The van der Waals surface area contributed by atoms with Crippen molar-refractivity contribution >= 4 is 5.91 Å². The van der Waals surface area contributed by atoms with E-state index in [1.165, 1.54) is 4.68 Å². The van der Waals surface area contributed by atoms with Gasteiger partial charge in [-0.15, -0.1) is 0 Å². The number of alkyl halides is 4. The van der Waals surface area contributed by atoms with Crippen LogP contribution in [0.1, 0.15) is 5.69 Å². The summed E-state index contributed by atoms with van der Waals surface area (Å²) < 4.78 is 50.1. The lowest BCUT2D eigenvalue weighted by molar-refractivity contribution is -0.169. The minimum Gasteiger partial charge on any atom is -0.350 e. The first-order chi connectivity index (χ1) is 7.84. The number of hydrogen-bond donors (Lipinski definition) is 1. The highest BCUT2D eigenvalue weighted by Crippen LogP contribution is 2.22. The largest absolute Gasteiger partial charge is 0.383 e. The Balaban J connectivity index is 2.39. The van der Waals surface area contributed by atoms with Gasteiger partial charge < -0.3 is 5.32 Å². The van der Waals surface area contributed by atoms with Gasteiger partial charge in [0.05, 0.1) is 5.69 Å². The molecule has 1 heterocycles. The molecule has 0 spiro atoms. The third-order valence-corrected chi connectivity index (χ3v) is 2.01. The van der Waals surface area contributed by atoms with Crippen LogP contribution in [-0.4, -0.2) is 34.6 Å². The zero-order chi connectivity index (χ0) is 13.1. The second-order valence-electron chi connectivity index (χ2n) is 3.41. The van der Waals surface area contributed by atoms with Crippen LogP contribution < -0.4 is 5.32 Å². The van der Waals surface area contributed by atoms with Gasteiger partial charge in [-0.2, -0.15) is 13.9 Å². The molecule has 0 aromatic carbocycles. The van der Waals surface area contributed by atoms with Crippen LogP contribution in [-0.2, 0) is 18.3 Å². The normalized spacial score (nSPS) is 11.9. The zero-order valence-electron chi connectivity index (χ0n) is 8.96. The third kappa shape index (κ3) is 3.43. The lowest BCUT2D eigenvalue weighted by Crippen LogP contribution is -2.45. The van der Waals surface area contributed by atoms with E-state index in [2.05, 4.69) is 5.10 Å². The summed E-state index contributed by atoms with van der Waals surface area (Å²) in [4.78, 5) is 10.7. The Morgan fingerprint density at radius 3 is 2.71 bits per heavy atom. The summed E-state index contributed by atoms with van der Waals surface area (Å²) in [6.45, 7) is -0.168. The molecule has 1 amide bonds. The van der Waals surface area contributed by atoms with Crippen molar-refractivity contribution in [2.24, 2.45) is 7.05 Å². The van der Waals surface area contributed by atoms with Crippen LogP contribution >= 0.6 is 0 Å². The minimum absolute atomic E-state index is 0.168. The highest BCUT2D eigenvalue weighted by molar-refractivity contribution is 5.83. The maximum absolute atomic E-state index is 12.5. The van der Waals surface area contributed by atoms with Gasteiger partial charge in [0, 0.05) is 26.2 Å². The summed E-state index contributed by atoms with van der Waals surface area (Å²) in [5.41, 5.74) is 0.577. The second-order valence-corrected chi connectivity index (χ2v) is 3.41. The summed E-state index contributed by atoms with van der Waals surface area (Å²) in [5.74, 6) is -6.62. The van der Waals surface area contributed by atoms with Crippen LogP contribution in [0, 0.1) is 0 Å². The first kappa shape index (κ1) is 13.5. The molecule has 1 rings (SSSR count). The SMILES string of the molecule is Cn1ccc(CCNC(=O)C(F)(F)C(F)F)n1. The van der Waals surface area contributed by atoms with E-state index in [4.69, 9.17) is 0 Å². The standard InChI is InChI=1S/C9H11F4N3O/c1-16-5-3-6(15-16)2-4-14-8(17)9(12,13)7(10)11/h3,5,7H,2,4H2,1H3,(H,14,17). The van der Waals surface area contributed by atoms with E-state index in [0.29, 0.717) is 5.69 Å². The molecule has 0 aliphatic heterocycles. The number of aromatic nitrogens is 2. The fourth-order valence-electron chi connectivity index (χ4n) is 1.12. The first-order valence-corrected chi connectivity index (χ1v) is 4.77. The van der Waals surface area contributed by atoms with Crippen molar-refractivity contribution in [3.05, 3.63) is 18.0 Å². The number of aryl methyl sites for hydroxylation is 1. The summed E-state index contributed by atoms with van der Waals surface area (Å²) >= 11 is 0. The Hall–Kier alpha value is -1.60. The molecule has 0 radical (unpaired) electrons. The summed E-state index contributed by atoms with van der Waals surface area (Å²) in [6, 6.07) is 1.64. The molecule has 1 N–H and O–H groups in total. The molecule has 0 aliphatic rings. The molecule has 0 bridgehead atoms. The summed E-state index contributed by atoms with van der Waals surface area (Å²) in [7, 11) is 1.67. The van der Waals surface area contributed by atoms with Crippen molar-refractivity contribution in [3.63, 3.8) is 0 Å². The van der Waals surface area contributed by atoms with Gasteiger partial charge in [0.1, 0.15) is 0 Å². The molecule has 0 aliphatic carbocycles. The van der Waals surface area contributed by atoms with E-state index in [9.17, 15) is 22.4 Å². The Morgan fingerprint density at radius 2 is 2.24 bits per heavy atom. The predicted molar refractivity (Wildman–Crippen MR) is 50.9 cm³/mol. The second kappa shape index (κ2) is 5.15. The fourth-order valence-corrected chi connectivity index (χ4v) is 1.12. The van der Waals surface area contributed by atoms with E-state index in [0.717, 1.165) is 0 Å². The van der Waals surface area contributed by atoms with Gasteiger partial charge in [0.2, 0.25) is 0 Å². The summed E-state index contributed by atoms with van der Waals surface area (Å²) in [5, 5.41) is 5.68. The Kier molecular flexibility index (Phi) is 4.08. The topological polar surface area (TPSA) is 46.9 Å². The maximum atomic E-state index is 12.5. The Morgan fingerprint density at radius 1 is 1.59 bits per heavy atom. The molecule has 17 heavy (non-hydrogen) atoms. The molecule has 1 aromatic rings. The van der Waals surface area contributed by atoms with Gasteiger partial charge in [-0.3, -0.25) is 9.48 Å². The maximum Gasteiger partial charge on any atom is 0.383 e. The molecule has 4 nitrogen and oxygen atoms in total. The average Bonchev–Trinajstić information content (AvgIpc) is 2.63. The molecular weight excluding hydrogens is 242 g/mol. The molecule has 0 saturated carbocycles. The first-order valence-electron chi connectivity index (χ1n) is 4.77. The molecule has 1 aromatic heterocycles. The number of hydrogen-bond acceptors (Lipinski definition) is 2.